The molecule has 0 spiro atoms. The number of carbonyl (C=O) groups excluding carboxylic acids is 1. The van der Waals surface area contributed by atoms with Crippen LogP contribution in [0, 0.1) is 0 Å². The van der Waals surface area contributed by atoms with Crippen molar-refractivity contribution < 1.29 is 14.3 Å². The van der Waals surface area contributed by atoms with Crippen molar-refractivity contribution in [1.82, 2.24) is 0 Å². The zero-order chi connectivity index (χ0) is 24.2. The Balaban J connectivity index is 1.53. The van der Waals surface area contributed by atoms with E-state index < -0.39 is 0 Å². The summed E-state index contributed by atoms with van der Waals surface area (Å²) in [5, 5.41) is 1.04. The topological polar surface area (TPSA) is 38.8 Å². The molecule has 0 bridgehead atoms. The Kier molecular flexibility index (Phi) is 6.51. The number of methoxy groups -OCH3 is 1. The van der Waals surface area contributed by atoms with E-state index in [1.54, 1.807) is 30.3 Å². The minimum atomic E-state index is -0.0544. The molecule has 0 unspecified atom stereocenters. The van der Waals surface area contributed by atoms with Crippen molar-refractivity contribution in [3.8, 4) is 21.9 Å². The maximum atomic E-state index is 13.0. The fourth-order valence-electron chi connectivity index (χ4n) is 4.09. The van der Waals surface area contributed by atoms with Gasteiger partial charge in [0.2, 0.25) is 5.91 Å². The lowest BCUT2D eigenvalue weighted by atomic mass is 10.1. The van der Waals surface area contributed by atoms with E-state index in [-0.39, 0.29) is 5.91 Å². The van der Waals surface area contributed by atoms with Crippen LogP contribution in [0.3, 0.4) is 0 Å². The predicted molar refractivity (Wildman–Crippen MR) is 144 cm³/mol. The number of thiophene rings is 1. The number of benzene rings is 4. The highest BCUT2D eigenvalue weighted by atomic mass is 32.1. The molecule has 5 heteroatoms. The van der Waals surface area contributed by atoms with E-state index in [0.717, 1.165) is 49.0 Å². The van der Waals surface area contributed by atoms with Gasteiger partial charge < -0.3 is 9.47 Å². The summed E-state index contributed by atoms with van der Waals surface area (Å²) in [6, 6.07) is 33.9. The number of amides is 1. The number of anilines is 2. The predicted octanol–water partition coefficient (Wildman–Crippen LogP) is 7.84. The van der Waals surface area contributed by atoms with Crippen LogP contribution in [0.2, 0.25) is 0 Å². The fourth-order valence-corrected chi connectivity index (χ4v) is 5.29. The largest absolute Gasteiger partial charge is 0.497 e. The maximum Gasteiger partial charge on any atom is 0.228 e. The second-order valence-corrected chi connectivity index (χ2v) is 9.18. The summed E-state index contributed by atoms with van der Waals surface area (Å²) >= 11 is 1.68. The molecule has 35 heavy (non-hydrogen) atoms. The molecule has 174 valence electrons. The first kappa shape index (κ1) is 22.7. The number of hydrogen-bond donors (Lipinski definition) is 0. The monoisotopic (exact) mass is 479 g/mol. The number of carbonyl (C=O) groups is 1. The van der Waals surface area contributed by atoms with Gasteiger partial charge in [-0.1, -0.05) is 48.5 Å². The normalized spacial score (nSPS) is 10.8. The average molecular weight is 480 g/mol. The number of nitrogens with zero attached hydrogens (tertiary/aromatic N) is 1. The van der Waals surface area contributed by atoms with E-state index in [0.29, 0.717) is 6.61 Å². The van der Waals surface area contributed by atoms with E-state index in [2.05, 4.69) is 12.1 Å². The summed E-state index contributed by atoms with van der Waals surface area (Å²) in [6.07, 6.45) is 0. The molecule has 1 aromatic heterocycles. The quantitative estimate of drug-likeness (QED) is 0.239. The van der Waals surface area contributed by atoms with Gasteiger partial charge in [0, 0.05) is 22.7 Å². The summed E-state index contributed by atoms with van der Waals surface area (Å²) in [7, 11) is 1.66. The molecule has 0 fully saturated rings. The van der Waals surface area contributed by atoms with Gasteiger partial charge >= 0.3 is 0 Å². The van der Waals surface area contributed by atoms with E-state index in [9.17, 15) is 4.79 Å². The molecule has 0 saturated heterocycles. The minimum Gasteiger partial charge on any atom is -0.497 e. The molecule has 0 aliphatic rings. The molecule has 5 aromatic rings. The SMILES string of the molecule is COc1ccc(-c2sc3ccccc3c2N(C(C)=O)c2ccc(OCc3ccccc3)cc2)cc1. The van der Waals surface area contributed by atoms with Crippen molar-refractivity contribution in [2.45, 2.75) is 13.5 Å². The highest BCUT2D eigenvalue weighted by Crippen LogP contribution is 2.47. The zero-order valence-electron chi connectivity index (χ0n) is 19.6. The van der Waals surface area contributed by atoms with Gasteiger partial charge in [0.25, 0.3) is 0 Å². The van der Waals surface area contributed by atoms with Crippen LogP contribution in [0.1, 0.15) is 12.5 Å². The molecule has 0 N–H and O–H groups in total. The molecule has 1 amide bonds. The van der Waals surface area contributed by atoms with Crippen molar-refractivity contribution in [2.24, 2.45) is 0 Å². The summed E-state index contributed by atoms with van der Waals surface area (Å²) in [6.45, 7) is 2.09. The van der Waals surface area contributed by atoms with Crippen molar-refractivity contribution in [3.63, 3.8) is 0 Å². The molecule has 0 saturated carbocycles. The van der Waals surface area contributed by atoms with Crippen LogP contribution in [0.15, 0.2) is 103 Å². The standard InChI is InChI=1S/C30H25NO3S/c1-21(32)31(24-14-18-26(19-15-24)34-20-22-8-4-3-5-9-22)29-27-10-6-7-11-28(27)35-30(29)23-12-16-25(33-2)17-13-23/h3-19H,20H2,1-2H3. The van der Waals surface area contributed by atoms with E-state index in [1.807, 2.05) is 91.0 Å². The Morgan fingerprint density at radius 2 is 1.46 bits per heavy atom. The lowest BCUT2D eigenvalue weighted by Gasteiger charge is -2.23. The van der Waals surface area contributed by atoms with Crippen molar-refractivity contribution in [3.05, 3.63) is 109 Å². The van der Waals surface area contributed by atoms with Crippen molar-refractivity contribution in [1.29, 1.82) is 0 Å². The third-order valence-corrected chi connectivity index (χ3v) is 7.01. The van der Waals surface area contributed by atoms with Crippen LogP contribution in [-0.2, 0) is 11.4 Å². The van der Waals surface area contributed by atoms with Gasteiger partial charge in [-0.05, 0) is 65.7 Å². The van der Waals surface area contributed by atoms with Gasteiger partial charge in [-0.2, -0.15) is 0 Å². The summed E-state index contributed by atoms with van der Waals surface area (Å²) in [4.78, 5) is 15.9. The molecular weight excluding hydrogens is 454 g/mol. The third-order valence-electron chi connectivity index (χ3n) is 5.80. The molecule has 5 rings (SSSR count). The lowest BCUT2D eigenvalue weighted by Crippen LogP contribution is -2.23. The fraction of sp³-hybridized carbons (Fsp3) is 0.100. The van der Waals surface area contributed by atoms with Crippen LogP contribution in [0.4, 0.5) is 11.4 Å². The third kappa shape index (κ3) is 4.77. The Hall–Kier alpha value is -4.09. The van der Waals surface area contributed by atoms with Crippen LogP contribution < -0.4 is 14.4 Å². The first-order chi connectivity index (χ1) is 17.1. The minimum absolute atomic E-state index is 0.0544. The van der Waals surface area contributed by atoms with E-state index >= 15 is 0 Å². The Bertz CT molecular complexity index is 1440. The highest BCUT2D eigenvalue weighted by molar-refractivity contribution is 7.23. The summed E-state index contributed by atoms with van der Waals surface area (Å²) in [5.74, 6) is 1.50. The van der Waals surface area contributed by atoms with Crippen LogP contribution in [-0.4, -0.2) is 13.0 Å². The van der Waals surface area contributed by atoms with Crippen molar-refractivity contribution >= 4 is 38.7 Å². The first-order valence-corrected chi connectivity index (χ1v) is 12.2. The van der Waals surface area contributed by atoms with Gasteiger partial charge in [0.05, 0.1) is 17.7 Å². The Morgan fingerprint density at radius 1 is 0.800 bits per heavy atom. The zero-order valence-corrected chi connectivity index (χ0v) is 20.4. The average Bonchev–Trinajstić information content (AvgIpc) is 3.28. The lowest BCUT2D eigenvalue weighted by molar-refractivity contribution is -0.115. The highest BCUT2D eigenvalue weighted by Gasteiger charge is 2.24. The number of fused-ring (bicyclic) bond motifs is 1. The Morgan fingerprint density at radius 3 is 2.14 bits per heavy atom. The first-order valence-electron chi connectivity index (χ1n) is 11.4. The molecule has 0 aliphatic heterocycles. The smallest absolute Gasteiger partial charge is 0.228 e. The van der Waals surface area contributed by atoms with Gasteiger partial charge in [0.15, 0.2) is 0 Å². The van der Waals surface area contributed by atoms with Gasteiger partial charge in [-0.3, -0.25) is 9.69 Å². The van der Waals surface area contributed by atoms with E-state index in [4.69, 9.17) is 9.47 Å². The van der Waals surface area contributed by atoms with Crippen LogP contribution in [0.25, 0.3) is 20.5 Å². The van der Waals surface area contributed by atoms with E-state index in [1.165, 1.54) is 0 Å². The Labute approximate surface area is 209 Å². The summed E-state index contributed by atoms with van der Waals surface area (Å²) < 4.78 is 12.4. The van der Waals surface area contributed by atoms with Gasteiger partial charge in [-0.15, -0.1) is 11.3 Å². The second kappa shape index (κ2) is 10.0. The molecule has 0 radical (unpaired) electrons. The van der Waals surface area contributed by atoms with Gasteiger partial charge in [-0.25, -0.2) is 0 Å². The molecule has 4 aromatic carbocycles. The summed E-state index contributed by atoms with van der Waals surface area (Å²) in [5.41, 5.74) is 3.83. The number of hydrogen-bond acceptors (Lipinski definition) is 4. The second-order valence-electron chi connectivity index (χ2n) is 8.13. The molecule has 4 nitrogen and oxygen atoms in total. The van der Waals surface area contributed by atoms with Crippen molar-refractivity contribution in [2.75, 3.05) is 12.0 Å². The molecular formula is C30H25NO3S. The number of rotatable bonds is 7. The molecule has 0 atom stereocenters. The molecule has 0 aliphatic carbocycles. The van der Waals surface area contributed by atoms with Gasteiger partial charge in [0.1, 0.15) is 18.1 Å². The maximum absolute atomic E-state index is 13.0. The molecule has 1 heterocycles. The number of ether oxygens (including phenoxy) is 2. The van der Waals surface area contributed by atoms with Crippen LogP contribution >= 0.6 is 11.3 Å². The van der Waals surface area contributed by atoms with Crippen LogP contribution in [0.5, 0.6) is 11.5 Å².